The lowest BCUT2D eigenvalue weighted by Crippen LogP contribution is -2.08. The monoisotopic (exact) mass is 351 g/mol. The fourth-order valence-corrected chi connectivity index (χ4v) is 3.06. The number of halogens is 3. The third kappa shape index (κ3) is 2.92. The molecule has 0 radical (unpaired) electrons. The highest BCUT2D eigenvalue weighted by Gasteiger charge is 2.16. The van der Waals surface area contributed by atoms with Gasteiger partial charge in [-0.05, 0) is 24.3 Å². The average Bonchev–Trinajstić information content (AvgIpc) is 2.92. The Morgan fingerprint density at radius 2 is 2.04 bits per heavy atom. The van der Waals surface area contributed by atoms with Gasteiger partial charge in [-0.25, -0.2) is 9.18 Å². The van der Waals surface area contributed by atoms with Crippen molar-refractivity contribution < 1.29 is 13.9 Å². The van der Waals surface area contributed by atoms with E-state index >= 15 is 0 Å². The van der Waals surface area contributed by atoms with E-state index in [2.05, 4.69) is 4.74 Å². The Bertz CT molecular complexity index is 905. The Balaban J connectivity index is 2.05. The minimum Gasteiger partial charge on any atom is -0.465 e. The molecule has 0 saturated heterocycles. The first-order chi connectivity index (χ1) is 11.0. The molecule has 3 nitrogen and oxygen atoms in total. The van der Waals surface area contributed by atoms with E-state index in [0.29, 0.717) is 15.6 Å². The molecule has 0 N–H and O–H groups in total. The molecule has 0 spiro atoms. The summed E-state index contributed by atoms with van der Waals surface area (Å²) in [6, 6.07) is 9.91. The molecule has 0 fully saturated rings. The quantitative estimate of drug-likeness (QED) is 0.627. The predicted octanol–water partition coefficient (Wildman–Crippen LogP) is 4.92. The number of nitrogens with zero attached hydrogens (tertiary/aromatic N) is 1. The van der Waals surface area contributed by atoms with Gasteiger partial charge >= 0.3 is 5.97 Å². The summed E-state index contributed by atoms with van der Waals surface area (Å²) in [6.07, 6.45) is 1.80. The van der Waals surface area contributed by atoms with Crippen LogP contribution in [0.25, 0.3) is 10.9 Å². The minimum absolute atomic E-state index is 0.0856. The zero-order valence-corrected chi connectivity index (χ0v) is 13.7. The van der Waals surface area contributed by atoms with Gasteiger partial charge in [0.15, 0.2) is 0 Å². The first-order valence-corrected chi connectivity index (χ1v) is 7.56. The van der Waals surface area contributed by atoms with Crippen molar-refractivity contribution in [2.24, 2.45) is 0 Å². The Morgan fingerprint density at radius 1 is 1.26 bits per heavy atom. The average molecular weight is 352 g/mol. The van der Waals surface area contributed by atoms with Crippen molar-refractivity contribution in [1.29, 1.82) is 0 Å². The molecule has 0 amide bonds. The molecular weight excluding hydrogens is 340 g/mol. The van der Waals surface area contributed by atoms with Gasteiger partial charge in [0.25, 0.3) is 0 Å². The smallest absolute Gasteiger partial charge is 0.340 e. The lowest BCUT2D eigenvalue weighted by atomic mass is 10.1. The van der Waals surface area contributed by atoms with E-state index in [4.69, 9.17) is 23.2 Å². The van der Waals surface area contributed by atoms with Crippen LogP contribution in [0.2, 0.25) is 10.0 Å². The molecule has 2 aromatic carbocycles. The molecule has 0 aliphatic heterocycles. The fourth-order valence-electron chi connectivity index (χ4n) is 2.51. The van der Waals surface area contributed by atoms with Crippen molar-refractivity contribution in [2.75, 3.05) is 7.11 Å². The minimum atomic E-state index is -0.701. The van der Waals surface area contributed by atoms with Gasteiger partial charge in [0.1, 0.15) is 5.82 Å². The zero-order valence-electron chi connectivity index (χ0n) is 12.1. The van der Waals surface area contributed by atoms with E-state index < -0.39 is 11.8 Å². The number of hydrogen-bond acceptors (Lipinski definition) is 2. The molecule has 1 heterocycles. The fraction of sp³-hybridized carbons (Fsp3) is 0.118. The summed E-state index contributed by atoms with van der Waals surface area (Å²) in [4.78, 5) is 11.6. The highest BCUT2D eigenvalue weighted by Crippen LogP contribution is 2.29. The van der Waals surface area contributed by atoms with Crippen LogP contribution in [-0.4, -0.2) is 17.6 Å². The Morgan fingerprint density at radius 3 is 2.78 bits per heavy atom. The largest absolute Gasteiger partial charge is 0.465 e. The number of esters is 1. The topological polar surface area (TPSA) is 31.2 Å². The second-order valence-electron chi connectivity index (χ2n) is 5.03. The molecule has 0 unspecified atom stereocenters. The molecule has 118 valence electrons. The summed E-state index contributed by atoms with van der Waals surface area (Å²) >= 11 is 12.2. The van der Waals surface area contributed by atoms with Gasteiger partial charge in [-0.2, -0.15) is 0 Å². The van der Waals surface area contributed by atoms with Gasteiger partial charge in [-0.15, -0.1) is 0 Å². The van der Waals surface area contributed by atoms with Crippen molar-refractivity contribution in [2.45, 2.75) is 6.54 Å². The van der Waals surface area contributed by atoms with Gasteiger partial charge in [0.05, 0.1) is 29.8 Å². The Kier molecular flexibility index (Phi) is 4.28. The van der Waals surface area contributed by atoms with Gasteiger partial charge in [-0.1, -0.05) is 35.3 Å². The van der Waals surface area contributed by atoms with Crippen LogP contribution in [0.5, 0.6) is 0 Å². The van der Waals surface area contributed by atoms with E-state index in [1.807, 2.05) is 10.6 Å². The summed E-state index contributed by atoms with van der Waals surface area (Å²) in [7, 11) is 1.22. The maximum absolute atomic E-state index is 14.5. The third-order valence-electron chi connectivity index (χ3n) is 3.63. The van der Waals surface area contributed by atoms with Crippen molar-refractivity contribution in [3.63, 3.8) is 0 Å². The van der Waals surface area contributed by atoms with Crippen molar-refractivity contribution in [3.05, 3.63) is 69.6 Å². The third-order valence-corrected chi connectivity index (χ3v) is 4.16. The molecule has 0 aliphatic carbocycles. The maximum Gasteiger partial charge on any atom is 0.340 e. The number of ether oxygens (including phenoxy) is 1. The van der Waals surface area contributed by atoms with Crippen LogP contribution in [0, 0.1) is 5.82 Å². The molecule has 3 rings (SSSR count). The lowest BCUT2D eigenvalue weighted by Gasteiger charge is -2.10. The summed E-state index contributed by atoms with van der Waals surface area (Å²) in [5, 5.41) is 1.88. The van der Waals surface area contributed by atoms with Gasteiger partial charge in [0.2, 0.25) is 0 Å². The number of carbonyl (C=O) groups excluding carboxylic acids is 1. The molecule has 6 heteroatoms. The number of carbonyl (C=O) groups is 1. The lowest BCUT2D eigenvalue weighted by molar-refractivity contribution is 0.0595. The second-order valence-corrected chi connectivity index (χ2v) is 5.88. The van der Waals surface area contributed by atoms with Crippen LogP contribution in [0.3, 0.4) is 0 Å². The number of rotatable bonds is 3. The number of benzene rings is 2. The van der Waals surface area contributed by atoms with Crippen molar-refractivity contribution >= 4 is 40.1 Å². The standard InChI is InChI=1S/C17H12Cl2FNO2/c1-23-17(22)13-4-2-3-10(16(13)20)9-21-6-5-12-14(19)7-11(18)8-15(12)21/h2-8H,9H2,1H3. The molecule has 0 saturated carbocycles. The summed E-state index contributed by atoms with van der Waals surface area (Å²) in [6.45, 7) is 0.247. The van der Waals surface area contributed by atoms with Gasteiger partial charge < -0.3 is 9.30 Å². The van der Waals surface area contributed by atoms with E-state index in [1.165, 1.54) is 13.2 Å². The van der Waals surface area contributed by atoms with E-state index in [0.717, 1.165) is 10.9 Å². The van der Waals surface area contributed by atoms with Crippen LogP contribution in [0.4, 0.5) is 4.39 Å². The van der Waals surface area contributed by atoms with Crippen LogP contribution in [0.15, 0.2) is 42.6 Å². The van der Waals surface area contributed by atoms with Crippen LogP contribution in [0.1, 0.15) is 15.9 Å². The predicted molar refractivity (Wildman–Crippen MR) is 88.8 cm³/mol. The van der Waals surface area contributed by atoms with Crippen LogP contribution < -0.4 is 0 Å². The van der Waals surface area contributed by atoms with Crippen LogP contribution >= 0.6 is 23.2 Å². The number of hydrogen-bond donors (Lipinski definition) is 0. The van der Waals surface area contributed by atoms with Gasteiger partial charge in [0, 0.05) is 22.2 Å². The summed E-state index contributed by atoms with van der Waals surface area (Å²) in [5.74, 6) is -1.29. The molecule has 23 heavy (non-hydrogen) atoms. The molecule has 1 aromatic heterocycles. The zero-order chi connectivity index (χ0) is 16.6. The molecule has 0 aliphatic rings. The second kappa shape index (κ2) is 6.22. The van der Waals surface area contributed by atoms with Crippen molar-refractivity contribution in [1.82, 2.24) is 4.57 Å². The van der Waals surface area contributed by atoms with Crippen molar-refractivity contribution in [3.8, 4) is 0 Å². The number of fused-ring (bicyclic) bond motifs is 1. The normalized spacial score (nSPS) is 11.0. The maximum atomic E-state index is 14.5. The molecule has 3 aromatic rings. The molecule has 0 bridgehead atoms. The van der Waals surface area contributed by atoms with E-state index in [1.54, 1.807) is 30.5 Å². The molecular formula is C17H12Cl2FNO2. The first kappa shape index (κ1) is 15.8. The Hall–Kier alpha value is -2.04. The summed E-state index contributed by atoms with van der Waals surface area (Å²) in [5.41, 5.74) is 1.09. The summed E-state index contributed by atoms with van der Waals surface area (Å²) < 4.78 is 20.9. The number of aromatic nitrogens is 1. The van der Waals surface area contributed by atoms with Crippen LogP contribution in [-0.2, 0) is 11.3 Å². The van der Waals surface area contributed by atoms with Gasteiger partial charge in [-0.3, -0.25) is 0 Å². The van der Waals surface area contributed by atoms with E-state index in [-0.39, 0.29) is 12.1 Å². The van der Waals surface area contributed by atoms with E-state index in [9.17, 15) is 9.18 Å². The Labute approximate surface area is 142 Å². The first-order valence-electron chi connectivity index (χ1n) is 6.81. The molecule has 0 atom stereocenters. The number of methoxy groups -OCH3 is 1. The highest BCUT2D eigenvalue weighted by molar-refractivity contribution is 6.38. The SMILES string of the molecule is COC(=O)c1cccc(Cn2ccc3c(Cl)cc(Cl)cc32)c1F. The highest BCUT2D eigenvalue weighted by atomic mass is 35.5.